The number of rotatable bonds is 6. The lowest BCUT2D eigenvalue weighted by Crippen LogP contribution is -2.51. The maximum atomic E-state index is 12.2. The predicted molar refractivity (Wildman–Crippen MR) is 78.5 cm³/mol. The van der Waals surface area contributed by atoms with Crippen LogP contribution in [0.15, 0.2) is 0 Å². The van der Waals surface area contributed by atoms with Crippen molar-refractivity contribution in [1.82, 2.24) is 10.2 Å². The van der Waals surface area contributed by atoms with Gasteiger partial charge in [0.2, 0.25) is 5.91 Å². The Labute approximate surface area is 121 Å². The van der Waals surface area contributed by atoms with E-state index in [0.717, 1.165) is 25.9 Å². The van der Waals surface area contributed by atoms with Gasteiger partial charge in [-0.2, -0.15) is 0 Å². The molecule has 0 aromatic rings. The molecule has 5 heteroatoms. The van der Waals surface area contributed by atoms with Crippen LogP contribution in [0.25, 0.3) is 0 Å². The van der Waals surface area contributed by atoms with Crippen LogP contribution in [0.1, 0.15) is 52.9 Å². The summed E-state index contributed by atoms with van der Waals surface area (Å²) in [5, 5.41) is 11.9. The Balaban J connectivity index is 2.55. The Morgan fingerprint density at radius 2 is 1.65 bits per heavy atom. The minimum atomic E-state index is -0.949. The maximum Gasteiger partial charge on any atom is 0.326 e. The number of carbonyl (C=O) groups excluding carboxylic acids is 1. The molecular weight excluding hydrogens is 256 g/mol. The summed E-state index contributed by atoms with van der Waals surface area (Å²) in [5.74, 6) is -0.875. The highest BCUT2D eigenvalue weighted by molar-refractivity contribution is 5.86. The van der Waals surface area contributed by atoms with Crippen molar-refractivity contribution < 1.29 is 14.7 Å². The van der Waals surface area contributed by atoms with Gasteiger partial charge < -0.3 is 10.4 Å². The lowest BCUT2D eigenvalue weighted by molar-refractivity contribution is -0.143. The number of likely N-dealkylation sites (tertiary alicyclic amines) is 1. The Kier molecular flexibility index (Phi) is 6.99. The van der Waals surface area contributed by atoms with Gasteiger partial charge in [-0.25, -0.2) is 4.79 Å². The molecule has 0 aromatic carbocycles. The van der Waals surface area contributed by atoms with Gasteiger partial charge in [0.25, 0.3) is 0 Å². The molecule has 0 saturated carbocycles. The van der Waals surface area contributed by atoms with Crippen LogP contribution in [0.5, 0.6) is 0 Å². The molecule has 1 heterocycles. The fourth-order valence-corrected chi connectivity index (χ4v) is 2.63. The van der Waals surface area contributed by atoms with Crippen LogP contribution in [-0.4, -0.2) is 47.1 Å². The number of carboxylic acids is 1. The molecule has 0 spiro atoms. The first kappa shape index (κ1) is 17.0. The molecule has 20 heavy (non-hydrogen) atoms. The third-order valence-electron chi connectivity index (χ3n) is 3.89. The van der Waals surface area contributed by atoms with E-state index in [1.807, 2.05) is 20.8 Å². The summed E-state index contributed by atoms with van der Waals surface area (Å²) in [6, 6.07) is -1.03. The minimum absolute atomic E-state index is 0.167. The highest BCUT2D eigenvalue weighted by Crippen LogP contribution is 2.13. The number of hydrogen-bond donors (Lipinski definition) is 2. The number of nitrogens with zero attached hydrogens (tertiary/aromatic N) is 1. The van der Waals surface area contributed by atoms with Crippen LogP contribution in [0.2, 0.25) is 0 Å². The van der Waals surface area contributed by atoms with Crippen LogP contribution in [-0.2, 0) is 9.59 Å². The third-order valence-corrected chi connectivity index (χ3v) is 3.89. The number of amides is 1. The number of aliphatic carboxylic acids is 1. The van der Waals surface area contributed by atoms with Crippen LogP contribution in [0.3, 0.4) is 0 Å². The smallest absolute Gasteiger partial charge is 0.326 e. The van der Waals surface area contributed by atoms with E-state index in [1.54, 1.807) is 0 Å². The molecule has 5 nitrogen and oxygen atoms in total. The van der Waals surface area contributed by atoms with Crippen molar-refractivity contribution in [3.63, 3.8) is 0 Å². The van der Waals surface area contributed by atoms with Gasteiger partial charge in [-0.15, -0.1) is 0 Å². The molecule has 0 bridgehead atoms. The summed E-state index contributed by atoms with van der Waals surface area (Å²) in [4.78, 5) is 25.6. The summed E-state index contributed by atoms with van der Waals surface area (Å²) in [7, 11) is 0. The molecule has 1 rings (SSSR count). The Morgan fingerprint density at radius 3 is 2.10 bits per heavy atom. The highest BCUT2D eigenvalue weighted by Gasteiger charge is 2.27. The summed E-state index contributed by atoms with van der Waals surface area (Å²) >= 11 is 0. The van der Waals surface area contributed by atoms with Crippen molar-refractivity contribution in [1.29, 1.82) is 0 Å². The summed E-state index contributed by atoms with van der Waals surface area (Å²) < 4.78 is 0. The number of hydrogen-bond acceptors (Lipinski definition) is 3. The first-order valence-corrected chi connectivity index (χ1v) is 7.69. The summed E-state index contributed by atoms with van der Waals surface area (Å²) in [6.07, 6.45) is 5.14. The zero-order chi connectivity index (χ0) is 15.1. The van der Waals surface area contributed by atoms with Gasteiger partial charge in [0.1, 0.15) is 6.04 Å². The Bertz CT molecular complexity index is 323. The average molecular weight is 284 g/mol. The van der Waals surface area contributed by atoms with E-state index < -0.39 is 12.0 Å². The van der Waals surface area contributed by atoms with Crippen molar-refractivity contribution in [2.45, 2.75) is 65.0 Å². The molecule has 1 amide bonds. The Hall–Kier alpha value is -1.10. The van der Waals surface area contributed by atoms with E-state index in [0.29, 0.717) is 6.42 Å². The fraction of sp³-hybridized carbons (Fsp3) is 0.867. The van der Waals surface area contributed by atoms with E-state index in [1.165, 1.54) is 12.8 Å². The summed E-state index contributed by atoms with van der Waals surface area (Å²) in [6.45, 7) is 7.64. The van der Waals surface area contributed by atoms with E-state index in [9.17, 15) is 14.7 Å². The van der Waals surface area contributed by atoms with Crippen molar-refractivity contribution in [3.05, 3.63) is 0 Å². The number of carbonyl (C=O) groups is 2. The SMILES string of the molecule is CC(C)C[C@H](NC(=O)C(C)N1CCCCCC1)C(=O)O. The second kappa shape index (κ2) is 8.25. The molecule has 116 valence electrons. The maximum absolute atomic E-state index is 12.2. The lowest BCUT2D eigenvalue weighted by atomic mass is 10.0. The highest BCUT2D eigenvalue weighted by atomic mass is 16.4. The predicted octanol–water partition coefficient (Wildman–Crippen LogP) is 1.87. The van der Waals surface area contributed by atoms with Gasteiger partial charge in [0.05, 0.1) is 6.04 Å². The van der Waals surface area contributed by atoms with E-state index >= 15 is 0 Å². The molecule has 1 unspecified atom stereocenters. The van der Waals surface area contributed by atoms with Crippen molar-refractivity contribution in [2.24, 2.45) is 5.92 Å². The first-order valence-electron chi connectivity index (χ1n) is 7.69. The van der Waals surface area contributed by atoms with Crippen molar-refractivity contribution in [2.75, 3.05) is 13.1 Å². The van der Waals surface area contributed by atoms with Gasteiger partial charge in [-0.3, -0.25) is 9.69 Å². The van der Waals surface area contributed by atoms with E-state index in [2.05, 4.69) is 10.2 Å². The molecule has 1 aliphatic rings. The van der Waals surface area contributed by atoms with Gasteiger partial charge in [0.15, 0.2) is 0 Å². The van der Waals surface area contributed by atoms with Crippen LogP contribution in [0, 0.1) is 5.92 Å². The number of carboxylic acid groups (broad SMARTS) is 1. The molecule has 2 atom stereocenters. The molecule has 0 aromatic heterocycles. The fourth-order valence-electron chi connectivity index (χ4n) is 2.63. The molecular formula is C15H28N2O3. The minimum Gasteiger partial charge on any atom is -0.480 e. The summed E-state index contributed by atoms with van der Waals surface area (Å²) in [5.41, 5.74) is 0. The zero-order valence-electron chi connectivity index (χ0n) is 12.9. The second-order valence-electron chi connectivity index (χ2n) is 6.16. The molecule has 1 aliphatic heterocycles. The largest absolute Gasteiger partial charge is 0.480 e. The van der Waals surface area contributed by atoms with Crippen LogP contribution < -0.4 is 5.32 Å². The molecule has 0 aliphatic carbocycles. The first-order chi connectivity index (χ1) is 9.41. The van der Waals surface area contributed by atoms with Gasteiger partial charge in [0, 0.05) is 0 Å². The monoisotopic (exact) mass is 284 g/mol. The topological polar surface area (TPSA) is 69.6 Å². The normalized spacial score (nSPS) is 20.2. The van der Waals surface area contributed by atoms with Crippen LogP contribution >= 0.6 is 0 Å². The van der Waals surface area contributed by atoms with Gasteiger partial charge >= 0.3 is 5.97 Å². The standard InChI is InChI=1S/C15H28N2O3/c1-11(2)10-13(15(19)20)16-14(18)12(3)17-8-6-4-5-7-9-17/h11-13H,4-10H2,1-3H3,(H,16,18)(H,19,20)/t12?,13-/m0/s1. The Morgan fingerprint density at radius 1 is 1.10 bits per heavy atom. The van der Waals surface area contributed by atoms with Gasteiger partial charge in [-0.1, -0.05) is 26.7 Å². The zero-order valence-corrected chi connectivity index (χ0v) is 12.9. The van der Waals surface area contributed by atoms with Crippen LogP contribution in [0.4, 0.5) is 0 Å². The van der Waals surface area contributed by atoms with Crippen molar-refractivity contribution >= 4 is 11.9 Å². The van der Waals surface area contributed by atoms with Crippen molar-refractivity contribution in [3.8, 4) is 0 Å². The molecule has 0 radical (unpaired) electrons. The quantitative estimate of drug-likeness (QED) is 0.781. The number of nitrogens with one attached hydrogen (secondary N) is 1. The van der Waals surface area contributed by atoms with E-state index in [4.69, 9.17) is 0 Å². The molecule has 1 fully saturated rings. The average Bonchev–Trinajstić information content (AvgIpc) is 2.65. The second-order valence-corrected chi connectivity index (χ2v) is 6.16. The lowest BCUT2D eigenvalue weighted by Gasteiger charge is -2.28. The third kappa shape index (κ3) is 5.49. The van der Waals surface area contributed by atoms with E-state index in [-0.39, 0.29) is 17.9 Å². The van der Waals surface area contributed by atoms with Gasteiger partial charge in [-0.05, 0) is 45.2 Å². The molecule has 2 N–H and O–H groups in total. The molecule has 1 saturated heterocycles.